The van der Waals surface area contributed by atoms with Gasteiger partial charge in [-0.05, 0) is 17.5 Å². The van der Waals surface area contributed by atoms with Gasteiger partial charge in [-0.3, -0.25) is 0 Å². The standard InChI is InChI=1S/C15H12N6/c1-17-13-4-2-3-10-5-14(20-8-12(10)13)21-15-9-18-11(6-16)7-19-15/h2-5,7-9,17H,1H3,(H,19,20,21). The lowest BCUT2D eigenvalue weighted by atomic mass is 10.1. The average molecular weight is 276 g/mol. The summed E-state index contributed by atoms with van der Waals surface area (Å²) in [6.45, 7) is 0. The van der Waals surface area contributed by atoms with E-state index in [1.807, 2.05) is 37.4 Å². The zero-order chi connectivity index (χ0) is 14.7. The van der Waals surface area contributed by atoms with E-state index in [2.05, 4.69) is 25.6 Å². The van der Waals surface area contributed by atoms with E-state index < -0.39 is 0 Å². The Morgan fingerprint density at radius 3 is 2.62 bits per heavy atom. The van der Waals surface area contributed by atoms with Crippen molar-refractivity contribution in [1.82, 2.24) is 15.0 Å². The first-order valence-electron chi connectivity index (χ1n) is 6.36. The fourth-order valence-corrected chi connectivity index (χ4v) is 2.04. The van der Waals surface area contributed by atoms with E-state index in [-0.39, 0.29) is 5.69 Å². The third kappa shape index (κ3) is 2.58. The second-order valence-electron chi connectivity index (χ2n) is 4.37. The Labute approximate surface area is 121 Å². The Morgan fingerprint density at radius 1 is 1.05 bits per heavy atom. The summed E-state index contributed by atoms with van der Waals surface area (Å²) in [6.07, 6.45) is 4.73. The molecule has 0 aliphatic carbocycles. The highest BCUT2D eigenvalue weighted by atomic mass is 15.1. The average Bonchev–Trinajstić information content (AvgIpc) is 2.54. The summed E-state index contributed by atoms with van der Waals surface area (Å²) in [7, 11) is 1.88. The second kappa shape index (κ2) is 5.43. The van der Waals surface area contributed by atoms with Crippen LogP contribution in [0.25, 0.3) is 10.8 Å². The summed E-state index contributed by atoms with van der Waals surface area (Å²) in [5.41, 5.74) is 1.32. The first-order valence-corrected chi connectivity index (χ1v) is 6.36. The summed E-state index contributed by atoms with van der Waals surface area (Å²) in [4.78, 5) is 12.4. The summed E-state index contributed by atoms with van der Waals surface area (Å²) >= 11 is 0. The van der Waals surface area contributed by atoms with Crippen LogP contribution < -0.4 is 10.6 Å². The lowest BCUT2D eigenvalue weighted by molar-refractivity contribution is 1.15. The van der Waals surface area contributed by atoms with Gasteiger partial charge in [-0.1, -0.05) is 12.1 Å². The fourth-order valence-electron chi connectivity index (χ4n) is 2.04. The Hall–Kier alpha value is -3.20. The van der Waals surface area contributed by atoms with Crippen LogP contribution in [0.3, 0.4) is 0 Å². The molecule has 0 saturated heterocycles. The number of benzene rings is 1. The molecule has 0 amide bonds. The molecule has 6 heteroatoms. The van der Waals surface area contributed by atoms with Gasteiger partial charge in [0, 0.05) is 24.3 Å². The number of nitriles is 1. The monoisotopic (exact) mass is 276 g/mol. The molecule has 0 atom stereocenters. The smallest absolute Gasteiger partial charge is 0.158 e. The molecule has 6 nitrogen and oxygen atoms in total. The van der Waals surface area contributed by atoms with Gasteiger partial charge in [0.25, 0.3) is 0 Å². The van der Waals surface area contributed by atoms with Gasteiger partial charge in [-0.25, -0.2) is 15.0 Å². The highest BCUT2D eigenvalue weighted by Crippen LogP contribution is 2.24. The minimum Gasteiger partial charge on any atom is -0.388 e. The minimum absolute atomic E-state index is 0.283. The Bertz CT molecular complexity index is 820. The van der Waals surface area contributed by atoms with Gasteiger partial charge in [0.15, 0.2) is 5.69 Å². The maximum atomic E-state index is 8.69. The predicted molar refractivity (Wildman–Crippen MR) is 81.3 cm³/mol. The molecule has 21 heavy (non-hydrogen) atoms. The van der Waals surface area contributed by atoms with E-state index in [1.54, 1.807) is 6.20 Å². The largest absolute Gasteiger partial charge is 0.388 e. The van der Waals surface area contributed by atoms with Crippen LogP contribution in [0, 0.1) is 11.3 Å². The van der Waals surface area contributed by atoms with Gasteiger partial charge in [0.2, 0.25) is 0 Å². The van der Waals surface area contributed by atoms with E-state index in [9.17, 15) is 0 Å². The third-order valence-corrected chi connectivity index (χ3v) is 3.06. The number of hydrogen-bond donors (Lipinski definition) is 2. The van der Waals surface area contributed by atoms with Crippen molar-refractivity contribution in [3.8, 4) is 6.07 Å². The maximum absolute atomic E-state index is 8.69. The van der Waals surface area contributed by atoms with Crippen LogP contribution in [0.1, 0.15) is 5.69 Å². The highest BCUT2D eigenvalue weighted by molar-refractivity contribution is 5.94. The van der Waals surface area contributed by atoms with Crippen molar-refractivity contribution in [2.45, 2.75) is 0 Å². The SMILES string of the molecule is CNc1cccc2cc(Nc3cnc(C#N)cn3)ncc12. The minimum atomic E-state index is 0.283. The van der Waals surface area contributed by atoms with Crippen molar-refractivity contribution >= 4 is 28.1 Å². The molecule has 2 heterocycles. The van der Waals surface area contributed by atoms with Gasteiger partial charge in [-0.15, -0.1) is 0 Å². The quantitative estimate of drug-likeness (QED) is 0.764. The Kier molecular flexibility index (Phi) is 3.31. The summed E-state index contributed by atoms with van der Waals surface area (Å²) < 4.78 is 0. The molecule has 1 aromatic carbocycles. The molecule has 2 N–H and O–H groups in total. The number of nitrogens with zero attached hydrogens (tertiary/aromatic N) is 4. The number of rotatable bonds is 3. The number of hydrogen-bond acceptors (Lipinski definition) is 6. The van der Waals surface area contributed by atoms with Crippen molar-refractivity contribution in [3.05, 3.63) is 48.5 Å². The Balaban J connectivity index is 1.92. The van der Waals surface area contributed by atoms with Gasteiger partial charge in [0.1, 0.15) is 17.7 Å². The highest BCUT2D eigenvalue weighted by Gasteiger charge is 2.03. The van der Waals surface area contributed by atoms with Gasteiger partial charge >= 0.3 is 0 Å². The van der Waals surface area contributed by atoms with Crippen LogP contribution in [0.5, 0.6) is 0 Å². The van der Waals surface area contributed by atoms with Gasteiger partial charge < -0.3 is 10.6 Å². The number of fused-ring (bicyclic) bond motifs is 1. The second-order valence-corrected chi connectivity index (χ2v) is 4.37. The lowest BCUT2D eigenvalue weighted by Crippen LogP contribution is -1.98. The molecule has 0 fully saturated rings. The van der Waals surface area contributed by atoms with Crippen LogP contribution in [0.4, 0.5) is 17.3 Å². The number of aromatic nitrogens is 3. The van der Waals surface area contributed by atoms with E-state index in [1.165, 1.54) is 12.4 Å². The molecular weight excluding hydrogens is 264 g/mol. The van der Waals surface area contributed by atoms with E-state index in [0.29, 0.717) is 11.6 Å². The van der Waals surface area contributed by atoms with E-state index in [0.717, 1.165) is 16.5 Å². The predicted octanol–water partition coefficient (Wildman–Crippen LogP) is 2.68. The number of anilines is 3. The maximum Gasteiger partial charge on any atom is 0.158 e. The molecule has 0 bridgehead atoms. The van der Waals surface area contributed by atoms with Gasteiger partial charge in [-0.2, -0.15) is 5.26 Å². The summed E-state index contributed by atoms with van der Waals surface area (Å²) in [6, 6.07) is 9.88. The Morgan fingerprint density at radius 2 is 1.90 bits per heavy atom. The zero-order valence-corrected chi connectivity index (χ0v) is 11.3. The van der Waals surface area contributed by atoms with Crippen LogP contribution in [0.2, 0.25) is 0 Å². The molecule has 102 valence electrons. The fraction of sp³-hybridized carbons (Fsp3) is 0.0667. The molecule has 3 aromatic rings. The van der Waals surface area contributed by atoms with Crippen molar-refractivity contribution in [2.24, 2.45) is 0 Å². The molecule has 0 radical (unpaired) electrons. The van der Waals surface area contributed by atoms with Crippen LogP contribution in [0.15, 0.2) is 42.9 Å². The summed E-state index contributed by atoms with van der Waals surface area (Å²) in [5.74, 6) is 1.22. The van der Waals surface area contributed by atoms with Crippen molar-refractivity contribution in [3.63, 3.8) is 0 Å². The zero-order valence-electron chi connectivity index (χ0n) is 11.3. The topological polar surface area (TPSA) is 86.5 Å². The molecular formula is C15H12N6. The van der Waals surface area contributed by atoms with E-state index >= 15 is 0 Å². The van der Waals surface area contributed by atoms with Crippen LogP contribution in [-0.4, -0.2) is 22.0 Å². The van der Waals surface area contributed by atoms with E-state index in [4.69, 9.17) is 5.26 Å². The first kappa shape index (κ1) is 12.8. The van der Waals surface area contributed by atoms with Crippen molar-refractivity contribution < 1.29 is 0 Å². The normalized spacial score (nSPS) is 10.1. The molecule has 0 unspecified atom stereocenters. The molecule has 2 aromatic heterocycles. The molecule has 0 spiro atoms. The number of pyridine rings is 1. The molecule has 3 rings (SSSR count). The molecule has 0 aliphatic heterocycles. The van der Waals surface area contributed by atoms with Gasteiger partial charge in [0.05, 0.1) is 12.4 Å². The summed E-state index contributed by atoms with van der Waals surface area (Å²) in [5, 5.41) is 17.0. The van der Waals surface area contributed by atoms with Crippen LogP contribution in [-0.2, 0) is 0 Å². The van der Waals surface area contributed by atoms with Crippen molar-refractivity contribution in [2.75, 3.05) is 17.7 Å². The molecule has 0 saturated carbocycles. The lowest BCUT2D eigenvalue weighted by Gasteiger charge is -2.08. The molecule has 0 aliphatic rings. The first-order chi connectivity index (χ1) is 10.3. The number of nitrogens with one attached hydrogen (secondary N) is 2. The third-order valence-electron chi connectivity index (χ3n) is 3.06. The van der Waals surface area contributed by atoms with Crippen LogP contribution >= 0.6 is 0 Å². The van der Waals surface area contributed by atoms with Crippen molar-refractivity contribution in [1.29, 1.82) is 5.26 Å².